The molecule has 0 spiro atoms. The fraction of sp³-hybridized carbons (Fsp3) is 0.938. The van der Waals surface area contributed by atoms with Crippen LogP contribution < -0.4 is 5.32 Å². The molecule has 1 N–H and O–H groups in total. The van der Waals surface area contributed by atoms with E-state index in [-0.39, 0.29) is 5.92 Å². The number of amides is 1. The minimum Gasteiger partial charge on any atom is -0.342 e. The van der Waals surface area contributed by atoms with Gasteiger partial charge in [-0.1, -0.05) is 33.1 Å². The number of nitrogens with one attached hydrogen (secondary N) is 1. The largest absolute Gasteiger partial charge is 0.342 e. The molecule has 0 aromatic heterocycles. The molecule has 1 saturated heterocycles. The van der Waals surface area contributed by atoms with Crippen LogP contribution in [0.4, 0.5) is 0 Å². The molecular formula is C16H30N2O. The van der Waals surface area contributed by atoms with Crippen LogP contribution in [-0.4, -0.2) is 36.5 Å². The van der Waals surface area contributed by atoms with Crippen molar-refractivity contribution in [2.45, 2.75) is 64.8 Å². The molecule has 0 atom stereocenters. The van der Waals surface area contributed by atoms with Gasteiger partial charge in [0.2, 0.25) is 5.91 Å². The van der Waals surface area contributed by atoms with Gasteiger partial charge in [-0.25, -0.2) is 0 Å². The van der Waals surface area contributed by atoms with Crippen LogP contribution in [0, 0.1) is 11.8 Å². The Morgan fingerprint density at radius 1 is 1.11 bits per heavy atom. The van der Waals surface area contributed by atoms with Gasteiger partial charge in [0, 0.05) is 25.0 Å². The van der Waals surface area contributed by atoms with E-state index in [1.165, 1.54) is 38.6 Å². The molecule has 110 valence electrons. The van der Waals surface area contributed by atoms with Gasteiger partial charge < -0.3 is 10.2 Å². The lowest BCUT2D eigenvalue weighted by molar-refractivity contribution is -0.135. The molecule has 0 aromatic rings. The van der Waals surface area contributed by atoms with Gasteiger partial charge in [0.25, 0.3) is 0 Å². The summed E-state index contributed by atoms with van der Waals surface area (Å²) in [5.74, 6) is 1.38. The molecule has 0 bridgehead atoms. The second-order valence-electron chi connectivity index (χ2n) is 6.67. The molecule has 0 aromatic carbocycles. The highest BCUT2D eigenvalue weighted by Gasteiger charge is 2.24. The maximum absolute atomic E-state index is 11.9. The van der Waals surface area contributed by atoms with Crippen LogP contribution in [0.3, 0.4) is 0 Å². The summed E-state index contributed by atoms with van der Waals surface area (Å²) in [6, 6.07) is 0.637. The quantitative estimate of drug-likeness (QED) is 0.848. The SMILES string of the molecule is CC(C)C(=O)N1CCC(NCC2CCCCC2)CC1. The number of hydrogen-bond donors (Lipinski definition) is 1. The van der Waals surface area contributed by atoms with E-state index in [2.05, 4.69) is 5.32 Å². The van der Waals surface area contributed by atoms with Crippen LogP contribution in [0.2, 0.25) is 0 Å². The Labute approximate surface area is 118 Å². The Kier molecular flexibility index (Phi) is 5.68. The molecule has 1 amide bonds. The Balaban J connectivity index is 1.64. The van der Waals surface area contributed by atoms with E-state index < -0.39 is 0 Å². The third-order valence-corrected chi connectivity index (χ3v) is 4.72. The fourth-order valence-corrected chi connectivity index (χ4v) is 3.39. The van der Waals surface area contributed by atoms with Gasteiger partial charge in [-0.15, -0.1) is 0 Å². The molecule has 19 heavy (non-hydrogen) atoms. The molecule has 1 aliphatic heterocycles. The first-order valence-corrected chi connectivity index (χ1v) is 8.19. The van der Waals surface area contributed by atoms with E-state index in [0.717, 1.165) is 31.8 Å². The van der Waals surface area contributed by atoms with Crippen molar-refractivity contribution in [3.8, 4) is 0 Å². The van der Waals surface area contributed by atoms with Crippen molar-refractivity contribution in [1.82, 2.24) is 10.2 Å². The summed E-state index contributed by atoms with van der Waals surface area (Å²) in [7, 11) is 0. The molecule has 1 saturated carbocycles. The van der Waals surface area contributed by atoms with Gasteiger partial charge >= 0.3 is 0 Å². The molecule has 3 heteroatoms. The summed E-state index contributed by atoms with van der Waals surface area (Å²) in [6.07, 6.45) is 9.37. The Hall–Kier alpha value is -0.570. The second-order valence-corrected chi connectivity index (χ2v) is 6.67. The van der Waals surface area contributed by atoms with Crippen molar-refractivity contribution >= 4 is 5.91 Å². The van der Waals surface area contributed by atoms with Crippen molar-refractivity contribution in [3.63, 3.8) is 0 Å². The third-order valence-electron chi connectivity index (χ3n) is 4.72. The summed E-state index contributed by atoms with van der Waals surface area (Å²) in [5.41, 5.74) is 0. The number of nitrogens with zero attached hydrogens (tertiary/aromatic N) is 1. The fourth-order valence-electron chi connectivity index (χ4n) is 3.39. The maximum atomic E-state index is 11.9. The molecule has 3 nitrogen and oxygen atoms in total. The minimum atomic E-state index is 0.145. The van der Waals surface area contributed by atoms with Gasteiger partial charge in [-0.3, -0.25) is 4.79 Å². The van der Waals surface area contributed by atoms with Crippen LogP contribution in [0.5, 0.6) is 0 Å². The number of carbonyl (C=O) groups is 1. The number of carbonyl (C=O) groups excluding carboxylic acids is 1. The summed E-state index contributed by atoms with van der Waals surface area (Å²) in [5, 5.41) is 3.74. The van der Waals surface area contributed by atoms with Crippen molar-refractivity contribution in [2.75, 3.05) is 19.6 Å². The van der Waals surface area contributed by atoms with Gasteiger partial charge in [-0.05, 0) is 38.1 Å². The van der Waals surface area contributed by atoms with Crippen LogP contribution >= 0.6 is 0 Å². The van der Waals surface area contributed by atoms with Crippen LogP contribution in [-0.2, 0) is 4.79 Å². The highest BCUT2D eigenvalue weighted by Crippen LogP contribution is 2.23. The van der Waals surface area contributed by atoms with Crippen molar-refractivity contribution < 1.29 is 4.79 Å². The number of rotatable bonds is 4. The molecule has 2 fully saturated rings. The summed E-state index contributed by atoms with van der Waals surface area (Å²) < 4.78 is 0. The Morgan fingerprint density at radius 2 is 1.74 bits per heavy atom. The predicted molar refractivity (Wildman–Crippen MR) is 79.0 cm³/mol. The van der Waals surface area contributed by atoms with E-state index in [4.69, 9.17) is 0 Å². The average Bonchev–Trinajstić information content (AvgIpc) is 2.46. The standard InChI is InChI=1S/C16H30N2O/c1-13(2)16(19)18-10-8-15(9-11-18)17-12-14-6-4-3-5-7-14/h13-15,17H,3-12H2,1-2H3. The van der Waals surface area contributed by atoms with E-state index >= 15 is 0 Å². The zero-order valence-corrected chi connectivity index (χ0v) is 12.7. The summed E-state index contributed by atoms with van der Waals surface area (Å²) >= 11 is 0. The second kappa shape index (κ2) is 7.28. The zero-order chi connectivity index (χ0) is 13.7. The highest BCUT2D eigenvalue weighted by atomic mass is 16.2. The van der Waals surface area contributed by atoms with E-state index in [1.807, 2.05) is 18.7 Å². The smallest absolute Gasteiger partial charge is 0.225 e. The number of hydrogen-bond acceptors (Lipinski definition) is 2. The Morgan fingerprint density at radius 3 is 2.32 bits per heavy atom. The van der Waals surface area contributed by atoms with Crippen molar-refractivity contribution in [3.05, 3.63) is 0 Å². The maximum Gasteiger partial charge on any atom is 0.225 e. The van der Waals surface area contributed by atoms with Gasteiger partial charge in [0.1, 0.15) is 0 Å². The molecule has 1 heterocycles. The topological polar surface area (TPSA) is 32.3 Å². The van der Waals surface area contributed by atoms with Gasteiger partial charge in [0.15, 0.2) is 0 Å². The molecule has 0 radical (unpaired) electrons. The summed E-state index contributed by atoms with van der Waals surface area (Å²) in [6.45, 7) is 7.08. The van der Waals surface area contributed by atoms with Crippen LogP contribution in [0.25, 0.3) is 0 Å². The first kappa shape index (κ1) is 14.8. The average molecular weight is 266 g/mol. The molecule has 2 rings (SSSR count). The Bertz CT molecular complexity index is 276. The lowest BCUT2D eigenvalue weighted by Crippen LogP contribution is -2.47. The number of piperidine rings is 1. The van der Waals surface area contributed by atoms with Gasteiger partial charge in [-0.2, -0.15) is 0 Å². The molecule has 1 aliphatic carbocycles. The van der Waals surface area contributed by atoms with E-state index in [1.54, 1.807) is 0 Å². The molecule has 0 unspecified atom stereocenters. The van der Waals surface area contributed by atoms with E-state index in [9.17, 15) is 4.79 Å². The lowest BCUT2D eigenvalue weighted by atomic mass is 9.89. The van der Waals surface area contributed by atoms with E-state index in [0.29, 0.717) is 11.9 Å². The van der Waals surface area contributed by atoms with Crippen LogP contribution in [0.1, 0.15) is 58.8 Å². The highest BCUT2D eigenvalue weighted by molar-refractivity contribution is 5.78. The first-order valence-electron chi connectivity index (χ1n) is 8.19. The predicted octanol–water partition coefficient (Wildman–Crippen LogP) is 2.80. The van der Waals surface area contributed by atoms with Crippen LogP contribution in [0.15, 0.2) is 0 Å². The normalized spacial score (nSPS) is 23.0. The molecule has 2 aliphatic rings. The summed E-state index contributed by atoms with van der Waals surface area (Å²) in [4.78, 5) is 14.0. The van der Waals surface area contributed by atoms with Gasteiger partial charge in [0.05, 0.1) is 0 Å². The lowest BCUT2D eigenvalue weighted by Gasteiger charge is -2.34. The minimum absolute atomic E-state index is 0.145. The third kappa shape index (κ3) is 4.48. The van der Waals surface area contributed by atoms with Crippen molar-refractivity contribution in [2.24, 2.45) is 11.8 Å². The monoisotopic (exact) mass is 266 g/mol. The van der Waals surface area contributed by atoms with Crippen molar-refractivity contribution in [1.29, 1.82) is 0 Å². The molecular weight excluding hydrogens is 236 g/mol. The first-order chi connectivity index (χ1) is 9.16. The zero-order valence-electron chi connectivity index (χ0n) is 12.7. The number of likely N-dealkylation sites (tertiary alicyclic amines) is 1.